The van der Waals surface area contributed by atoms with E-state index in [0.29, 0.717) is 25.8 Å². The highest BCUT2D eigenvalue weighted by Crippen LogP contribution is 2.30. The molecule has 1 amide bonds. The summed E-state index contributed by atoms with van der Waals surface area (Å²) < 4.78 is 1.56. The molecule has 0 fully saturated rings. The minimum atomic E-state index is -0.235. The second-order valence-corrected chi connectivity index (χ2v) is 6.45. The van der Waals surface area contributed by atoms with Gasteiger partial charge in [0.15, 0.2) is 0 Å². The number of carbonyl (C=O) groups excluding carboxylic acids is 1. The molecule has 0 aliphatic carbocycles. The van der Waals surface area contributed by atoms with E-state index in [1.54, 1.807) is 36.4 Å². The van der Waals surface area contributed by atoms with Crippen LogP contribution in [0.1, 0.15) is 10.4 Å². The highest BCUT2D eigenvalue weighted by atomic mass is 127. The number of anilines is 1. The molecule has 0 unspecified atom stereocenters. The molecule has 19 heavy (non-hydrogen) atoms. The molecule has 2 aromatic rings. The number of carbonyl (C=O) groups is 1. The lowest BCUT2D eigenvalue weighted by Gasteiger charge is -2.09. The van der Waals surface area contributed by atoms with Crippen molar-refractivity contribution in [2.45, 2.75) is 0 Å². The Morgan fingerprint density at radius 1 is 1.16 bits per heavy atom. The summed E-state index contributed by atoms with van der Waals surface area (Å²) in [4.78, 5) is 12.1. The van der Waals surface area contributed by atoms with Gasteiger partial charge >= 0.3 is 0 Å². The maximum absolute atomic E-state index is 12.1. The monoisotopic (exact) mass is 469 g/mol. The van der Waals surface area contributed by atoms with Crippen molar-refractivity contribution >= 4 is 73.3 Å². The molecule has 0 bridgehead atoms. The quantitative estimate of drug-likeness (QED) is 0.568. The van der Waals surface area contributed by atoms with E-state index in [2.05, 4.69) is 43.8 Å². The maximum atomic E-state index is 12.1. The summed E-state index contributed by atoms with van der Waals surface area (Å²) in [5, 5.41) is 3.88. The highest BCUT2D eigenvalue weighted by Gasteiger charge is 2.11. The largest absolute Gasteiger partial charge is 0.321 e. The summed E-state index contributed by atoms with van der Waals surface area (Å²) in [6.07, 6.45) is 0. The summed E-state index contributed by atoms with van der Waals surface area (Å²) in [6.45, 7) is 0. The molecule has 6 heteroatoms. The molecular weight excluding hydrogens is 464 g/mol. The van der Waals surface area contributed by atoms with Crippen molar-refractivity contribution in [3.8, 4) is 0 Å². The summed E-state index contributed by atoms with van der Waals surface area (Å²) in [5.41, 5.74) is 1.12. The first-order valence-corrected chi connectivity index (χ1v) is 7.82. The highest BCUT2D eigenvalue weighted by molar-refractivity contribution is 14.1. The zero-order chi connectivity index (χ0) is 14.0. The standard InChI is InChI=1S/C13H7BrCl2INO/c14-12-8(15)2-1-3-11(12)18-13(19)7-4-5-10(17)9(16)6-7/h1-6H,(H,18,19). The molecular formula is C13H7BrCl2INO. The van der Waals surface area contributed by atoms with Gasteiger partial charge in [-0.2, -0.15) is 0 Å². The third-order valence-electron chi connectivity index (χ3n) is 2.38. The molecule has 0 atom stereocenters. The van der Waals surface area contributed by atoms with Crippen LogP contribution in [0.4, 0.5) is 5.69 Å². The van der Waals surface area contributed by atoms with Crippen molar-refractivity contribution in [2.75, 3.05) is 5.32 Å². The molecule has 1 N–H and O–H groups in total. The molecule has 0 aromatic heterocycles. The number of hydrogen-bond acceptors (Lipinski definition) is 1. The Bertz CT molecular complexity index is 649. The molecule has 2 aromatic carbocycles. The van der Waals surface area contributed by atoms with E-state index in [4.69, 9.17) is 23.2 Å². The Kier molecular flexibility index (Phi) is 5.11. The van der Waals surface area contributed by atoms with E-state index in [1.165, 1.54) is 0 Å². The molecule has 0 saturated heterocycles. The molecule has 0 aliphatic heterocycles. The van der Waals surface area contributed by atoms with Crippen LogP contribution in [0.25, 0.3) is 0 Å². The first-order valence-electron chi connectivity index (χ1n) is 5.19. The van der Waals surface area contributed by atoms with Crippen LogP contribution in [-0.2, 0) is 0 Å². The van der Waals surface area contributed by atoms with Crippen LogP contribution in [0, 0.1) is 3.57 Å². The van der Waals surface area contributed by atoms with Crippen molar-refractivity contribution in [3.63, 3.8) is 0 Å². The molecule has 98 valence electrons. The van der Waals surface area contributed by atoms with Crippen LogP contribution in [-0.4, -0.2) is 5.91 Å². The van der Waals surface area contributed by atoms with Crippen molar-refractivity contribution in [2.24, 2.45) is 0 Å². The zero-order valence-corrected chi connectivity index (χ0v) is 14.6. The Morgan fingerprint density at radius 3 is 2.58 bits per heavy atom. The van der Waals surface area contributed by atoms with Gasteiger partial charge in [-0.1, -0.05) is 29.3 Å². The summed E-state index contributed by atoms with van der Waals surface area (Å²) in [5.74, 6) is -0.235. The number of amides is 1. The smallest absolute Gasteiger partial charge is 0.255 e. The van der Waals surface area contributed by atoms with E-state index >= 15 is 0 Å². The predicted octanol–water partition coefficient (Wildman–Crippen LogP) is 5.61. The van der Waals surface area contributed by atoms with E-state index in [1.807, 2.05) is 0 Å². The van der Waals surface area contributed by atoms with Gasteiger partial charge in [0.05, 0.1) is 20.2 Å². The summed E-state index contributed by atoms with van der Waals surface area (Å²) in [7, 11) is 0. The van der Waals surface area contributed by atoms with Gasteiger partial charge in [0.1, 0.15) is 0 Å². The third kappa shape index (κ3) is 3.62. The molecule has 0 radical (unpaired) electrons. The average Bonchev–Trinajstić information content (AvgIpc) is 2.38. The second kappa shape index (κ2) is 6.43. The van der Waals surface area contributed by atoms with Crippen molar-refractivity contribution in [1.82, 2.24) is 0 Å². The lowest BCUT2D eigenvalue weighted by atomic mass is 10.2. The van der Waals surface area contributed by atoms with Gasteiger partial charge in [-0.15, -0.1) is 0 Å². The van der Waals surface area contributed by atoms with Crippen molar-refractivity contribution in [3.05, 3.63) is 60.0 Å². The Morgan fingerprint density at radius 2 is 1.89 bits per heavy atom. The fourth-order valence-corrected chi connectivity index (χ4v) is 2.49. The van der Waals surface area contributed by atoms with Gasteiger partial charge in [-0.3, -0.25) is 4.79 Å². The number of benzene rings is 2. The van der Waals surface area contributed by atoms with Gasteiger partial charge in [-0.05, 0) is 68.9 Å². The average molecular weight is 471 g/mol. The SMILES string of the molecule is O=C(Nc1cccc(Cl)c1Br)c1ccc(I)c(Cl)c1. The van der Waals surface area contributed by atoms with Gasteiger partial charge in [0.2, 0.25) is 0 Å². The number of halogens is 4. The zero-order valence-electron chi connectivity index (χ0n) is 9.38. The van der Waals surface area contributed by atoms with E-state index in [9.17, 15) is 4.79 Å². The molecule has 2 nitrogen and oxygen atoms in total. The Labute approximate surface area is 142 Å². The fourth-order valence-electron chi connectivity index (χ4n) is 1.43. The minimum absolute atomic E-state index is 0.235. The van der Waals surface area contributed by atoms with E-state index in [-0.39, 0.29) is 5.91 Å². The number of rotatable bonds is 2. The van der Waals surface area contributed by atoms with Crippen LogP contribution in [0.3, 0.4) is 0 Å². The lowest BCUT2D eigenvalue weighted by Crippen LogP contribution is -2.12. The van der Waals surface area contributed by atoms with Crippen LogP contribution in [0.2, 0.25) is 10.0 Å². The fraction of sp³-hybridized carbons (Fsp3) is 0. The van der Waals surface area contributed by atoms with Crippen LogP contribution in [0.15, 0.2) is 40.9 Å². The van der Waals surface area contributed by atoms with E-state index in [0.717, 1.165) is 3.57 Å². The number of nitrogens with one attached hydrogen (secondary N) is 1. The van der Waals surface area contributed by atoms with E-state index < -0.39 is 0 Å². The molecule has 0 heterocycles. The Hall–Kier alpha value is -0.300. The minimum Gasteiger partial charge on any atom is -0.321 e. The third-order valence-corrected chi connectivity index (χ3v) is 5.35. The van der Waals surface area contributed by atoms with Gasteiger partial charge < -0.3 is 5.32 Å². The van der Waals surface area contributed by atoms with Gasteiger partial charge in [0.25, 0.3) is 5.91 Å². The second-order valence-electron chi connectivity index (χ2n) is 3.68. The molecule has 0 aliphatic rings. The topological polar surface area (TPSA) is 29.1 Å². The first-order chi connectivity index (χ1) is 8.99. The predicted molar refractivity (Wildman–Crippen MR) is 91.3 cm³/mol. The molecule has 2 rings (SSSR count). The first kappa shape index (κ1) is 15.1. The summed E-state index contributed by atoms with van der Waals surface area (Å²) in [6, 6.07) is 10.4. The van der Waals surface area contributed by atoms with Crippen LogP contribution >= 0.6 is 61.7 Å². The maximum Gasteiger partial charge on any atom is 0.255 e. The van der Waals surface area contributed by atoms with Gasteiger partial charge in [0, 0.05) is 9.13 Å². The van der Waals surface area contributed by atoms with Crippen molar-refractivity contribution < 1.29 is 4.79 Å². The normalized spacial score (nSPS) is 10.3. The Balaban J connectivity index is 2.26. The van der Waals surface area contributed by atoms with Crippen molar-refractivity contribution in [1.29, 1.82) is 0 Å². The van der Waals surface area contributed by atoms with Crippen LogP contribution < -0.4 is 5.32 Å². The van der Waals surface area contributed by atoms with Gasteiger partial charge in [-0.25, -0.2) is 0 Å². The van der Waals surface area contributed by atoms with Crippen LogP contribution in [0.5, 0.6) is 0 Å². The summed E-state index contributed by atoms with van der Waals surface area (Å²) >= 11 is 17.4. The lowest BCUT2D eigenvalue weighted by molar-refractivity contribution is 0.102. The molecule has 0 saturated carbocycles. The number of hydrogen-bond donors (Lipinski definition) is 1. The molecule has 0 spiro atoms.